The van der Waals surface area contributed by atoms with Crippen molar-refractivity contribution in [2.45, 2.75) is 59.3 Å². The number of esters is 1. The molecule has 3 nitrogen and oxygen atoms in total. The molecule has 94 valence electrons. The maximum absolute atomic E-state index is 11.6. The van der Waals surface area contributed by atoms with Crippen LogP contribution in [0.25, 0.3) is 0 Å². The zero-order valence-corrected chi connectivity index (χ0v) is 10.8. The first-order valence-electron chi connectivity index (χ1n) is 6.27. The van der Waals surface area contributed by atoms with Crippen LogP contribution in [0.2, 0.25) is 0 Å². The van der Waals surface area contributed by atoms with E-state index in [0.717, 1.165) is 12.8 Å². The monoisotopic (exact) mass is 228 g/mol. The van der Waals surface area contributed by atoms with E-state index in [1.165, 1.54) is 19.8 Å². The number of hydrogen-bond acceptors (Lipinski definition) is 3. The smallest absolute Gasteiger partial charge is 0.309 e. The van der Waals surface area contributed by atoms with Crippen molar-refractivity contribution in [2.24, 2.45) is 5.92 Å². The summed E-state index contributed by atoms with van der Waals surface area (Å²) in [5, 5.41) is 0. The Hall–Kier alpha value is -0.860. The van der Waals surface area contributed by atoms with Crippen molar-refractivity contribution in [2.75, 3.05) is 6.61 Å². The van der Waals surface area contributed by atoms with Crippen molar-refractivity contribution in [3.63, 3.8) is 0 Å². The van der Waals surface area contributed by atoms with Gasteiger partial charge in [0.15, 0.2) is 0 Å². The van der Waals surface area contributed by atoms with Crippen LogP contribution in [0, 0.1) is 5.92 Å². The minimum atomic E-state index is -0.247. The Morgan fingerprint density at radius 3 is 2.31 bits per heavy atom. The summed E-state index contributed by atoms with van der Waals surface area (Å²) in [5.41, 5.74) is 0. The first-order chi connectivity index (χ1) is 7.61. The molecular formula is C13H24O3. The van der Waals surface area contributed by atoms with Gasteiger partial charge in [0.1, 0.15) is 5.78 Å². The largest absolute Gasteiger partial charge is 0.465 e. The van der Waals surface area contributed by atoms with Gasteiger partial charge >= 0.3 is 5.97 Å². The molecule has 3 heteroatoms. The first kappa shape index (κ1) is 15.1. The fourth-order valence-corrected chi connectivity index (χ4v) is 1.56. The van der Waals surface area contributed by atoms with E-state index >= 15 is 0 Å². The minimum Gasteiger partial charge on any atom is -0.465 e. The van der Waals surface area contributed by atoms with Gasteiger partial charge in [0.2, 0.25) is 0 Å². The molecule has 0 heterocycles. The molecule has 0 bridgehead atoms. The third kappa shape index (κ3) is 7.43. The maximum atomic E-state index is 11.6. The lowest BCUT2D eigenvalue weighted by Crippen LogP contribution is -2.20. The second-order valence-corrected chi connectivity index (χ2v) is 4.24. The third-order valence-electron chi connectivity index (χ3n) is 2.60. The Morgan fingerprint density at radius 2 is 1.81 bits per heavy atom. The van der Waals surface area contributed by atoms with E-state index in [1.807, 2.05) is 6.92 Å². The zero-order chi connectivity index (χ0) is 12.4. The zero-order valence-electron chi connectivity index (χ0n) is 10.8. The maximum Gasteiger partial charge on any atom is 0.309 e. The molecule has 0 saturated heterocycles. The molecule has 0 spiro atoms. The van der Waals surface area contributed by atoms with E-state index in [9.17, 15) is 9.59 Å². The lowest BCUT2D eigenvalue weighted by Gasteiger charge is -2.12. The van der Waals surface area contributed by atoms with Gasteiger partial charge in [-0.2, -0.15) is 0 Å². The van der Waals surface area contributed by atoms with Crippen LogP contribution in [0.4, 0.5) is 0 Å². The lowest BCUT2D eigenvalue weighted by molar-refractivity contribution is -0.150. The molecule has 0 aromatic heterocycles. The number of rotatable bonds is 9. The van der Waals surface area contributed by atoms with Gasteiger partial charge in [-0.1, -0.05) is 33.1 Å². The molecule has 0 saturated carbocycles. The summed E-state index contributed by atoms with van der Waals surface area (Å²) in [5.74, 6) is -0.410. The summed E-state index contributed by atoms with van der Waals surface area (Å²) in [4.78, 5) is 22.5. The predicted octanol–water partition coefficient (Wildman–Crippen LogP) is 3.12. The van der Waals surface area contributed by atoms with Crippen LogP contribution in [0.1, 0.15) is 59.3 Å². The highest BCUT2D eigenvalue weighted by molar-refractivity contribution is 5.82. The molecule has 0 N–H and O–H groups in total. The van der Waals surface area contributed by atoms with Gasteiger partial charge in [0.25, 0.3) is 0 Å². The molecule has 0 radical (unpaired) electrons. The number of ketones is 1. The molecule has 1 unspecified atom stereocenters. The van der Waals surface area contributed by atoms with Crippen molar-refractivity contribution in [1.82, 2.24) is 0 Å². The number of carbonyl (C=O) groups excluding carboxylic acids is 2. The molecule has 0 aliphatic heterocycles. The Kier molecular flexibility index (Phi) is 8.87. The van der Waals surface area contributed by atoms with E-state index in [-0.39, 0.29) is 17.7 Å². The highest BCUT2D eigenvalue weighted by Gasteiger charge is 2.19. The predicted molar refractivity (Wildman–Crippen MR) is 64.2 cm³/mol. The summed E-state index contributed by atoms with van der Waals surface area (Å²) in [6.45, 7) is 6.06. The van der Waals surface area contributed by atoms with Gasteiger partial charge in [-0.15, -0.1) is 0 Å². The SMILES string of the molecule is CCCCCCOC(=O)C(CC)CC(C)=O. The van der Waals surface area contributed by atoms with Crippen LogP contribution in [-0.4, -0.2) is 18.4 Å². The average molecular weight is 228 g/mol. The van der Waals surface area contributed by atoms with Gasteiger partial charge in [0.05, 0.1) is 12.5 Å². The van der Waals surface area contributed by atoms with Gasteiger partial charge in [-0.25, -0.2) is 0 Å². The van der Waals surface area contributed by atoms with Gasteiger partial charge in [0, 0.05) is 6.42 Å². The molecule has 0 amide bonds. The second kappa shape index (κ2) is 9.37. The van der Waals surface area contributed by atoms with Crippen LogP contribution < -0.4 is 0 Å². The third-order valence-corrected chi connectivity index (χ3v) is 2.60. The summed E-state index contributed by atoms with van der Waals surface area (Å²) < 4.78 is 5.15. The number of hydrogen-bond donors (Lipinski definition) is 0. The highest BCUT2D eigenvalue weighted by Crippen LogP contribution is 2.11. The van der Waals surface area contributed by atoms with E-state index in [4.69, 9.17) is 4.74 Å². The molecular weight excluding hydrogens is 204 g/mol. The normalized spacial score (nSPS) is 12.2. The molecule has 0 aliphatic carbocycles. The van der Waals surface area contributed by atoms with E-state index in [1.54, 1.807) is 0 Å². The van der Waals surface area contributed by atoms with Crippen LogP contribution in [0.15, 0.2) is 0 Å². The van der Waals surface area contributed by atoms with Crippen molar-refractivity contribution in [3.05, 3.63) is 0 Å². The van der Waals surface area contributed by atoms with Gasteiger partial charge < -0.3 is 9.53 Å². The molecule has 0 aliphatic rings. The Balaban J connectivity index is 3.71. The van der Waals surface area contributed by atoms with Crippen LogP contribution in [0.3, 0.4) is 0 Å². The number of unbranched alkanes of at least 4 members (excludes halogenated alkanes) is 3. The second-order valence-electron chi connectivity index (χ2n) is 4.24. The van der Waals surface area contributed by atoms with Crippen LogP contribution in [-0.2, 0) is 14.3 Å². The molecule has 0 fully saturated rings. The van der Waals surface area contributed by atoms with E-state index < -0.39 is 0 Å². The summed E-state index contributed by atoms with van der Waals surface area (Å²) in [7, 11) is 0. The summed E-state index contributed by atoms with van der Waals surface area (Å²) >= 11 is 0. The van der Waals surface area contributed by atoms with Crippen molar-refractivity contribution >= 4 is 11.8 Å². The fraction of sp³-hybridized carbons (Fsp3) is 0.846. The number of ether oxygens (including phenoxy) is 1. The van der Waals surface area contributed by atoms with Crippen LogP contribution in [0.5, 0.6) is 0 Å². The van der Waals surface area contributed by atoms with E-state index in [2.05, 4.69) is 6.92 Å². The molecule has 16 heavy (non-hydrogen) atoms. The fourth-order valence-electron chi connectivity index (χ4n) is 1.56. The quantitative estimate of drug-likeness (QED) is 0.450. The Bertz CT molecular complexity index is 211. The molecule has 0 aromatic rings. The Labute approximate surface area is 98.6 Å². The number of Topliss-reactive ketones (excluding diaryl/α,β-unsaturated/α-hetero) is 1. The topological polar surface area (TPSA) is 43.4 Å². The average Bonchev–Trinajstić information content (AvgIpc) is 2.25. The highest BCUT2D eigenvalue weighted by atomic mass is 16.5. The van der Waals surface area contributed by atoms with Crippen LogP contribution >= 0.6 is 0 Å². The van der Waals surface area contributed by atoms with Crippen molar-refractivity contribution < 1.29 is 14.3 Å². The molecule has 1 atom stereocenters. The van der Waals surface area contributed by atoms with Crippen molar-refractivity contribution in [1.29, 1.82) is 0 Å². The molecule has 0 rings (SSSR count). The first-order valence-corrected chi connectivity index (χ1v) is 6.27. The minimum absolute atomic E-state index is 0.0507. The van der Waals surface area contributed by atoms with Gasteiger partial charge in [-0.05, 0) is 19.8 Å². The standard InChI is InChI=1S/C13H24O3/c1-4-6-7-8-9-16-13(15)12(5-2)10-11(3)14/h12H,4-10H2,1-3H3. The lowest BCUT2D eigenvalue weighted by atomic mass is 10.0. The Morgan fingerprint density at radius 1 is 1.12 bits per heavy atom. The van der Waals surface area contributed by atoms with E-state index in [0.29, 0.717) is 19.4 Å². The summed E-state index contributed by atoms with van der Waals surface area (Å²) in [6, 6.07) is 0. The summed E-state index contributed by atoms with van der Waals surface area (Å²) in [6.07, 6.45) is 5.37. The van der Waals surface area contributed by atoms with Gasteiger partial charge in [-0.3, -0.25) is 4.79 Å². The number of carbonyl (C=O) groups is 2. The van der Waals surface area contributed by atoms with Crippen molar-refractivity contribution in [3.8, 4) is 0 Å². The molecule has 0 aromatic carbocycles.